The SMILES string of the molecule is c1ccc(-c2cc(-c3cccc(-c4cccc(-c5cc6cccnc6o5)c4)c3)cc(-c3cccc(-c4ccc5c6ccccc6c6ccccc6c5c4)c3)c2)cc1. The maximum Gasteiger partial charge on any atom is 0.226 e. The van der Waals surface area contributed by atoms with E-state index in [0.717, 1.165) is 33.4 Å². The first-order chi connectivity index (χ1) is 28.2. The zero-order chi connectivity index (χ0) is 37.7. The molecule has 0 saturated heterocycles. The molecule has 2 heteroatoms. The van der Waals surface area contributed by atoms with E-state index in [1.807, 2.05) is 12.1 Å². The predicted molar refractivity (Wildman–Crippen MR) is 239 cm³/mol. The second-order valence-electron chi connectivity index (χ2n) is 14.8. The summed E-state index contributed by atoms with van der Waals surface area (Å²) in [7, 11) is 0. The third-order valence-corrected chi connectivity index (χ3v) is 11.3. The van der Waals surface area contributed by atoms with E-state index in [1.165, 1.54) is 71.3 Å². The molecule has 0 aliphatic heterocycles. The van der Waals surface area contributed by atoms with Crippen LogP contribution in [-0.4, -0.2) is 4.98 Å². The highest BCUT2D eigenvalue weighted by Crippen LogP contribution is 2.40. The lowest BCUT2D eigenvalue weighted by molar-refractivity contribution is 0.618. The van der Waals surface area contributed by atoms with Gasteiger partial charge in [-0.2, -0.15) is 0 Å². The van der Waals surface area contributed by atoms with E-state index in [2.05, 4.69) is 199 Å². The van der Waals surface area contributed by atoms with Crippen LogP contribution in [0.4, 0.5) is 0 Å². The van der Waals surface area contributed by atoms with Gasteiger partial charge in [-0.25, -0.2) is 4.98 Å². The fraction of sp³-hybridized carbons (Fsp3) is 0. The average Bonchev–Trinajstić information content (AvgIpc) is 3.74. The molecule has 2 aromatic heterocycles. The highest BCUT2D eigenvalue weighted by molar-refractivity contribution is 6.25. The van der Waals surface area contributed by atoms with Crippen molar-refractivity contribution in [1.29, 1.82) is 0 Å². The minimum Gasteiger partial charge on any atom is -0.438 e. The summed E-state index contributed by atoms with van der Waals surface area (Å²) in [6, 6.07) is 74.6. The van der Waals surface area contributed by atoms with Crippen LogP contribution in [0.25, 0.3) is 110 Å². The molecular weight excluding hydrogens is 691 g/mol. The lowest BCUT2D eigenvalue weighted by atomic mass is 9.90. The Labute approximate surface area is 331 Å². The molecule has 0 N–H and O–H groups in total. The number of hydrogen-bond acceptors (Lipinski definition) is 2. The van der Waals surface area contributed by atoms with Gasteiger partial charge in [0, 0.05) is 17.1 Å². The molecule has 11 aromatic rings. The van der Waals surface area contributed by atoms with E-state index < -0.39 is 0 Å². The zero-order valence-electron chi connectivity index (χ0n) is 31.1. The number of nitrogens with zero attached hydrogens (tertiary/aromatic N) is 1. The quantitative estimate of drug-likeness (QED) is 0.160. The van der Waals surface area contributed by atoms with Gasteiger partial charge in [0.25, 0.3) is 0 Å². The van der Waals surface area contributed by atoms with Gasteiger partial charge in [-0.1, -0.05) is 146 Å². The summed E-state index contributed by atoms with van der Waals surface area (Å²) in [6.07, 6.45) is 1.76. The van der Waals surface area contributed by atoms with Crippen LogP contribution < -0.4 is 0 Å². The van der Waals surface area contributed by atoms with Gasteiger partial charge in [-0.15, -0.1) is 0 Å². The second-order valence-corrected chi connectivity index (χ2v) is 14.8. The summed E-state index contributed by atoms with van der Waals surface area (Å²) >= 11 is 0. The number of furan rings is 1. The summed E-state index contributed by atoms with van der Waals surface area (Å²) in [5, 5.41) is 8.72. The normalized spacial score (nSPS) is 11.5. The molecule has 0 atom stereocenters. The Hall–Kier alpha value is -7.55. The Morgan fingerprint density at radius 3 is 1.26 bits per heavy atom. The van der Waals surface area contributed by atoms with Crippen LogP contribution >= 0.6 is 0 Å². The van der Waals surface area contributed by atoms with Crippen molar-refractivity contribution >= 4 is 43.4 Å². The Bertz CT molecular complexity index is 3230. The number of hydrogen-bond donors (Lipinski definition) is 0. The van der Waals surface area contributed by atoms with Crippen LogP contribution in [0.2, 0.25) is 0 Å². The largest absolute Gasteiger partial charge is 0.438 e. The predicted octanol–water partition coefficient (Wildman–Crippen LogP) is 15.3. The number of fused-ring (bicyclic) bond motifs is 7. The minimum atomic E-state index is 0.652. The Kier molecular flexibility index (Phi) is 7.86. The molecule has 0 spiro atoms. The Balaban J connectivity index is 1.01. The topological polar surface area (TPSA) is 26.0 Å². The first kappa shape index (κ1) is 32.8. The van der Waals surface area contributed by atoms with Gasteiger partial charge in [-0.05, 0) is 149 Å². The van der Waals surface area contributed by atoms with Gasteiger partial charge in [0.1, 0.15) is 5.76 Å². The molecule has 0 aliphatic rings. The molecule has 0 unspecified atom stereocenters. The molecule has 0 aliphatic carbocycles. The van der Waals surface area contributed by atoms with Crippen molar-refractivity contribution in [3.8, 4) is 67.0 Å². The van der Waals surface area contributed by atoms with Crippen LogP contribution in [0, 0.1) is 0 Å². The maximum atomic E-state index is 6.13. The van der Waals surface area contributed by atoms with E-state index in [-0.39, 0.29) is 0 Å². The Morgan fingerprint density at radius 1 is 0.263 bits per heavy atom. The van der Waals surface area contributed by atoms with Gasteiger partial charge in [0.05, 0.1) is 0 Å². The third-order valence-electron chi connectivity index (χ3n) is 11.3. The van der Waals surface area contributed by atoms with Crippen molar-refractivity contribution in [3.05, 3.63) is 212 Å². The van der Waals surface area contributed by atoms with Crippen molar-refractivity contribution in [2.24, 2.45) is 0 Å². The number of rotatable bonds is 6. The van der Waals surface area contributed by atoms with Gasteiger partial charge in [0.2, 0.25) is 5.71 Å². The van der Waals surface area contributed by atoms with Crippen molar-refractivity contribution < 1.29 is 4.42 Å². The van der Waals surface area contributed by atoms with Crippen LogP contribution in [0.5, 0.6) is 0 Å². The van der Waals surface area contributed by atoms with Crippen molar-refractivity contribution in [3.63, 3.8) is 0 Å². The lowest BCUT2D eigenvalue weighted by Gasteiger charge is -2.14. The molecule has 9 aromatic carbocycles. The molecule has 266 valence electrons. The van der Waals surface area contributed by atoms with Crippen molar-refractivity contribution in [2.75, 3.05) is 0 Å². The fourth-order valence-corrected chi connectivity index (χ4v) is 8.47. The first-order valence-electron chi connectivity index (χ1n) is 19.4. The molecular formula is C55H35NO. The molecule has 11 rings (SSSR count). The summed E-state index contributed by atoms with van der Waals surface area (Å²) in [4.78, 5) is 4.39. The van der Waals surface area contributed by atoms with Crippen LogP contribution in [0.15, 0.2) is 217 Å². The third kappa shape index (κ3) is 5.96. The highest BCUT2D eigenvalue weighted by atomic mass is 16.3. The summed E-state index contributed by atoms with van der Waals surface area (Å²) in [5.74, 6) is 0.815. The zero-order valence-corrected chi connectivity index (χ0v) is 31.1. The monoisotopic (exact) mass is 725 g/mol. The standard InChI is InChI=1S/C55H35NO/c1-2-12-36(13-3-1)45-31-46(40-17-8-14-37(28-40)39-16-10-19-43(30-39)54-35-44-20-11-27-56-55(44)57-54)33-47(32-45)41-18-9-15-38(29-41)42-25-26-52-50-23-5-4-21-48(50)49-22-6-7-24-51(49)53(52)34-42/h1-35H. The first-order valence-corrected chi connectivity index (χ1v) is 19.4. The number of pyridine rings is 1. The number of aromatic nitrogens is 1. The van der Waals surface area contributed by atoms with E-state index in [1.54, 1.807) is 6.20 Å². The van der Waals surface area contributed by atoms with E-state index in [9.17, 15) is 0 Å². The number of benzene rings is 9. The van der Waals surface area contributed by atoms with Gasteiger partial charge >= 0.3 is 0 Å². The van der Waals surface area contributed by atoms with Crippen LogP contribution in [-0.2, 0) is 0 Å². The van der Waals surface area contributed by atoms with Crippen LogP contribution in [0.3, 0.4) is 0 Å². The second kappa shape index (κ2) is 13.6. The van der Waals surface area contributed by atoms with E-state index >= 15 is 0 Å². The molecule has 2 heterocycles. The molecule has 0 fully saturated rings. The molecule has 0 bridgehead atoms. The Morgan fingerprint density at radius 2 is 0.684 bits per heavy atom. The van der Waals surface area contributed by atoms with E-state index in [0.29, 0.717) is 5.71 Å². The maximum absolute atomic E-state index is 6.13. The molecule has 57 heavy (non-hydrogen) atoms. The highest BCUT2D eigenvalue weighted by Gasteiger charge is 2.13. The van der Waals surface area contributed by atoms with Crippen molar-refractivity contribution in [2.45, 2.75) is 0 Å². The average molecular weight is 726 g/mol. The molecule has 0 saturated carbocycles. The summed E-state index contributed by atoms with van der Waals surface area (Å²) in [5.41, 5.74) is 13.4. The summed E-state index contributed by atoms with van der Waals surface area (Å²) in [6.45, 7) is 0. The molecule has 0 amide bonds. The van der Waals surface area contributed by atoms with Crippen LogP contribution in [0.1, 0.15) is 0 Å². The lowest BCUT2D eigenvalue weighted by Crippen LogP contribution is -1.88. The van der Waals surface area contributed by atoms with E-state index in [4.69, 9.17) is 4.42 Å². The van der Waals surface area contributed by atoms with Gasteiger partial charge in [-0.3, -0.25) is 0 Å². The van der Waals surface area contributed by atoms with Gasteiger partial charge in [0.15, 0.2) is 0 Å². The fourth-order valence-electron chi connectivity index (χ4n) is 8.47. The smallest absolute Gasteiger partial charge is 0.226 e. The molecule has 0 radical (unpaired) electrons. The van der Waals surface area contributed by atoms with Crippen molar-refractivity contribution in [1.82, 2.24) is 4.98 Å². The minimum absolute atomic E-state index is 0.652. The van der Waals surface area contributed by atoms with Gasteiger partial charge < -0.3 is 4.42 Å². The molecule has 2 nitrogen and oxygen atoms in total. The summed E-state index contributed by atoms with van der Waals surface area (Å²) < 4.78 is 6.13.